The molecule has 1 unspecified atom stereocenters. The lowest BCUT2D eigenvalue weighted by Gasteiger charge is -2.23. The first-order valence-electron chi connectivity index (χ1n) is 11.9. The van der Waals surface area contributed by atoms with Gasteiger partial charge in [0, 0.05) is 43.2 Å². The van der Waals surface area contributed by atoms with E-state index in [1.54, 1.807) is 19.0 Å². The molecule has 0 amide bonds. The number of aliphatic imine (C=N–C) groups is 1. The van der Waals surface area contributed by atoms with Crippen molar-refractivity contribution in [3.8, 4) is 5.75 Å². The normalized spacial score (nSPS) is 16.3. The number of rotatable bonds is 6. The Morgan fingerprint density at radius 3 is 2.69 bits per heavy atom. The van der Waals surface area contributed by atoms with E-state index < -0.39 is 35.8 Å². The van der Waals surface area contributed by atoms with Gasteiger partial charge in [-0.25, -0.2) is 18.5 Å². The minimum Gasteiger partial charge on any atom is -0.403 e. The minimum absolute atomic E-state index is 0.0211. The van der Waals surface area contributed by atoms with E-state index in [4.69, 9.17) is 4.74 Å². The lowest BCUT2D eigenvalue weighted by atomic mass is 9.96. The van der Waals surface area contributed by atoms with Crippen LogP contribution in [-0.4, -0.2) is 58.9 Å². The Hall–Kier alpha value is -4.13. The van der Waals surface area contributed by atoms with Crippen LogP contribution in [0.15, 0.2) is 41.7 Å². The fraction of sp³-hybridized carbons (Fsp3) is 0.308. The number of ether oxygens (including phenoxy) is 2. The number of hydrogen-bond acceptors (Lipinski definition) is 6. The van der Waals surface area contributed by atoms with Crippen LogP contribution < -0.4 is 4.74 Å². The summed E-state index contributed by atoms with van der Waals surface area (Å²) < 4.78 is 80.8. The van der Waals surface area contributed by atoms with Crippen LogP contribution in [0.3, 0.4) is 0 Å². The third kappa shape index (κ3) is 5.13. The van der Waals surface area contributed by atoms with Crippen LogP contribution in [0.25, 0.3) is 21.8 Å². The molecular weight excluding hydrogens is 525 g/mol. The highest BCUT2D eigenvalue weighted by atomic mass is 19.4. The molecule has 2 aromatic carbocycles. The largest absolute Gasteiger partial charge is 0.573 e. The highest BCUT2D eigenvalue weighted by molar-refractivity contribution is 6.21. The molecule has 204 valence electrons. The van der Waals surface area contributed by atoms with Crippen molar-refractivity contribution in [3.63, 3.8) is 0 Å². The molecule has 13 heteroatoms. The molecule has 1 aliphatic rings. The Morgan fingerprint density at radius 1 is 1.21 bits per heavy atom. The zero-order chi connectivity index (χ0) is 27.9. The second-order valence-electron chi connectivity index (χ2n) is 9.15. The molecule has 0 radical (unpaired) electrons. The van der Waals surface area contributed by atoms with E-state index in [9.17, 15) is 22.4 Å². The van der Waals surface area contributed by atoms with Crippen molar-refractivity contribution in [2.45, 2.75) is 31.9 Å². The van der Waals surface area contributed by atoms with Gasteiger partial charge in [0.15, 0.2) is 29.4 Å². The van der Waals surface area contributed by atoms with Crippen molar-refractivity contribution >= 4 is 39.6 Å². The van der Waals surface area contributed by atoms with Gasteiger partial charge in [0.2, 0.25) is 0 Å². The van der Waals surface area contributed by atoms with Crippen molar-refractivity contribution in [3.05, 3.63) is 59.4 Å². The highest BCUT2D eigenvalue weighted by Crippen LogP contribution is 2.40. The molecule has 1 atom stereocenters. The van der Waals surface area contributed by atoms with Crippen LogP contribution in [0, 0.1) is 11.6 Å². The summed E-state index contributed by atoms with van der Waals surface area (Å²) in [6, 6.07) is 4.46. The summed E-state index contributed by atoms with van der Waals surface area (Å²) in [7, 11) is 3.32. The molecule has 1 fully saturated rings. The molecule has 0 bridgehead atoms. The van der Waals surface area contributed by atoms with E-state index >= 15 is 4.39 Å². The predicted octanol–water partition coefficient (Wildman–Crippen LogP) is 5.91. The smallest absolute Gasteiger partial charge is 0.403 e. The number of pyridine rings is 1. The van der Waals surface area contributed by atoms with Gasteiger partial charge in [-0.3, -0.25) is 9.78 Å². The van der Waals surface area contributed by atoms with Crippen LogP contribution in [0.1, 0.15) is 41.4 Å². The quantitative estimate of drug-likeness (QED) is 0.129. The highest BCUT2D eigenvalue weighted by Gasteiger charge is 2.34. The summed E-state index contributed by atoms with van der Waals surface area (Å²) in [5.74, 6) is -4.19. The second kappa shape index (κ2) is 10.2. The summed E-state index contributed by atoms with van der Waals surface area (Å²) >= 11 is 0. The zero-order valence-corrected chi connectivity index (χ0v) is 20.8. The number of halogens is 5. The Bertz CT molecular complexity index is 1590. The van der Waals surface area contributed by atoms with Gasteiger partial charge in [-0.05, 0) is 43.5 Å². The van der Waals surface area contributed by atoms with E-state index in [0.717, 1.165) is 18.9 Å². The number of hydrogen-bond donors (Lipinski definition) is 0. The van der Waals surface area contributed by atoms with Crippen LogP contribution in [0.5, 0.6) is 5.75 Å². The number of benzene rings is 2. The van der Waals surface area contributed by atoms with Gasteiger partial charge >= 0.3 is 6.36 Å². The molecule has 1 aliphatic heterocycles. The average molecular weight is 547 g/mol. The third-order valence-electron chi connectivity index (χ3n) is 6.16. The average Bonchev–Trinajstić information content (AvgIpc) is 3.35. The van der Waals surface area contributed by atoms with Gasteiger partial charge in [0.05, 0.1) is 23.8 Å². The molecule has 0 N–H and O–H groups in total. The number of fused-ring (bicyclic) bond motifs is 2. The summed E-state index contributed by atoms with van der Waals surface area (Å²) in [6.07, 6.45) is 0.191. The molecule has 8 nitrogen and oxygen atoms in total. The van der Waals surface area contributed by atoms with Crippen molar-refractivity contribution < 1.29 is 36.2 Å². The van der Waals surface area contributed by atoms with Gasteiger partial charge in [-0.15, -0.1) is 13.2 Å². The second-order valence-corrected chi connectivity index (χ2v) is 9.15. The molecule has 0 aliphatic carbocycles. The summed E-state index contributed by atoms with van der Waals surface area (Å²) in [4.78, 5) is 23.8. The Labute approximate surface area is 218 Å². The van der Waals surface area contributed by atoms with Gasteiger partial charge < -0.3 is 14.4 Å². The lowest BCUT2D eigenvalue weighted by Crippen LogP contribution is -2.19. The number of ketones is 1. The fourth-order valence-electron chi connectivity index (χ4n) is 4.52. The number of nitrogens with zero attached hydrogens (tertiary/aromatic N) is 5. The molecule has 4 aromatic rings. The van der Waals surface area contributed by atoms with E-state index in [1.165, 1.54) is 35.5 Å². The third-order valence-corrected chi connectivity index (χ3v) is 6.16. The van der Waals surface area contributed by atoms with Crippen molar-refractivity contribution in [2.75, 3.05) is 20.7 Å². The molecule has 5 rings (SSSR count). The maximum atomic E-state index is 15.1. The molecule has 0 saturated carbocycles. The molecular formula is C26H22F5N5O3. The Balaban J connectivity index is 1.75. The van der Waals surface area contributed by atoms with E-state index in [0.29, 0.717) is 19.1 Å². The van der Waals surface area contributed by atoms with E-state index in [-0.39, 0.29) is 38.6 Å². The predicted molar refractivity (Wildman–Crippen MR) is 132 cm³/mol. The van der Waals surface area contributed by atoms with Crippen LogP contribution in [-0.2, 0) is 4.74 Å². The van der Waals surface area contributed by atoms with Crippen molar-refractivity contribution in [1.29, 1.82) is 0 Å². The van der Waals surface area contributed by atoms with Crippen molar-refractivity contribution in [2.24, 2.45) is 4.99 Å². The van der Waals surface area contributed by atoms with E-state index in [2.05, 4.69) is 19.8 Å². The zero-order valence-electron chi connectivity index (χ0n) is 20.8. The van der Waals surface area contributed by atoms with Gasteiger partial charge in [0.25, 0.3) is 0 Å². The molecule has 1 saturated heterocycles. The SMILES string of the molecule is CN(C)/C=N/c1c(C(=O)c2cc(F)c(F)c3c2cnn3C2CCCCO2)cc(OC(F)(F)F)c2ncccc12. The molecule has 39 heavy (non-hydrogen) atoms. The minimum atomic E-state index is -5.09. The monoisotopic (exact) mass is 547 g/mol. The number of carbonyl (C=O) groups excluding carboxylic acids is 1. The fourth-order valence-corrected chi connectivity index (χ4v) is 4.52. The maximum Gasteiger partial charge on any atom is 0.573 e. The number of carbonyl (C=O) groups is 1. The summed E-state index contributed by atoms with van der Waals surface area (Å²) in [5, 5.41) is 4.23. The summed E-state index contributed by atoms with van der Waals surface area (Å²) in [5.41, 5.74) is -1.13. The molecule has 0 spiro atoms. The number of alkyl halides is 3. The lowest BCUT2D eigenvalue weighted by molar-refractivity contribution is -0.274. The summed E-state index contributed by atoms with van der Waals surface area (Å²) in [6.45, 7) is 0.412. The Kier molecular flexibility index (Phi) is 6.93. The van der Waals surface area contributed by atoms with Gasteiger partial charge in [-0.1, -0.05) is 0 Å². The Morgan fingerprint density at radius 2 is 2.00 bits per heavy atom. The van der Waals surface area contributed by atoms with Gasteiger partial charge in [0.1, 0.15) is 11.0 Å². The van der Waals surface area contributed by atoms with Crippen LogP contribution >= 0.6 is 0 Å². The van der Waals surface area contributed by atoms with Gasteiger partial charge in [-0.2, -0.15) is 5.10 Å². The standard InChI is InChI=1S/C26H22F5N5O3/c1-35(2)13-33-22-14-6-5-8-32-23(14)19(39-26(29,30)31)11-16(22)25(37)15-10-18(27)21(28)24-17(15)12-34-36(24)20-7-3-4-9-38-20/h5-6,8,10-13,20H,3-4,7,9H2,1-2H3/b33-13+. The number of aromatic nitrogens is 3. The first kappa shape index (κ1) is 26.5. The molecule has 3 heterocycles. The molecule has 2 aromatic heterocycles. The topological polar surface area (TPSA) is 81.8 Å². The van der Waals surface area contributed by atoms with Crippen LogP contribution in [0.4, 0.5) is 27.6 Å². The first-order chi connectivity index (χ1) is 18.5. The first-order valence-corrected chi connectivity index (χ1v) is 11.9. The van der Waals surface area contributed by atoms with Crippen molar-refractivity contribution in [1.82, 2.24) is 19.7 Å². The maximum absolute atomic E-state index is 15.1. The van der Waals surface area contributed by atoms with Crippen LogP contribution in [0.2, 0.25) is 0 Å². The van der Waals surface area contributed by atoms with E-state index in [1.807, 2.05) is 0 Å².